The van der Waals surface area contributed by atoms with Gasteiger partial charge in [0.1, 0.15) is 13.2 Å². The molecule has 0 atom stereocenters. The van der Waals surface area contributed by atoms with Crippen molar-refractivity contribution >= 4 is 11.9 Å². The molecule has 3 rings (SSSR count). The van der Waals surface area contributed by atoms with Crippen LogP contribution in [0.5, 0.6) is 11.5 Å². The first-order chi connectivity index (χ1) is 14.5. The number of nitro benzene ring substituents is 1. The average Bonchev–Trinajstić information content (AvgIpc) is 2.76. The maximum atomic E-state index is 10.8. The summed E-state index contributed by atoms with van der Waals surface area (Å²) >= 11 is 0. The summed E-state index contributed by atoms with van der Waals surface area (Å²) in [5.74, 6) is 1.22. The summed E-state index contributed by atoms with van der Waals surface area (Å²) in [6, 6.07) is 19.8. The lowest BCUT2D eigenvalue weighted by Gasteiger charge is -2.11. The van der Waals surface area contributed by atoms with Crippen molar-refractivity contribution in [1.29, 1.82) is 0 Å². The largest absolute Gasteiger partial charge is 0.493 e. The number of aryl methyl sites for hydroxylation is 1. The number of ether oxygens (including phenoxy) is 2. The summed E-state index contributed by atoms with van der Waals surface area (Å²) < 4.78 is 11.3. The van der Waals surface area contributed by atoms with Crippen LogP contribution in [-0.4, -0.2) is 18.2 Å². The number of nitro groups is 1. The Morgan fingerprint density at radius 2 is 1.73 bits per heavy atom. The number of hydrogen-bond donors (Lipinski definition) is 0. The highest BCUT2D eigenvalue weighted by molar-refractivity contribution is 5.80. The minimum atomic E-state index is -0.443. The lowest BCUT2D eigenvalue weighted by Crippen LogP contribution is -1.99. The van der Waals surface area contributed by atoms with Crippen LogP contribution in [0.3, 0.4) is 0 Å². The van der Waals surface area contributed by atoms with E-state index in [1.165, 1.54) is 17.7 Å². The molecule has 0 aliphatic carbocycles. The van der Waals surface area contributed by atoms with Gasteiger partial charge < -0.3 is 14.3 Å². The van der Waals surface area contributed by atoms with Crippen molar-refractivity contribution in [3.05, 3.63) is 99.1 Å². The van der Waals surface area contributed by atoms with Crippen LogP contribution in [0.25, 0.3) is 0 Å². The van der Waals surface area contributed by atoms with Crippen molar-refractivity contribution in [2.24, 2.45) is 5.16 Å². The number of hydrogen-bond acceptors (Lipinski definition) is 6. The molecule has 3 aromatic rings. The summed E-state index contributed by atoms with van der Waals surface area (Å²) in [4.78, 5) is 15.6. The van der Waals surface area contributed by atoms with Crippen LogP contribution in [0.15, 0.2) is 71.9 Å². The van der Waals surface area contributed by atoms with Gasteiger partial charge in [-0.2, -0.15) is 0 Å². The predicted molar refractivity (Wildman–Crippen MR) is 114 cm³/mol. The molecule has 0 aliphatic heterocycles. The zero-order valence-corrected chi connectivity index (χ0v) is 16.8. The number of benzene rings is 3. The number of rotatable bonds is 9. The standard InChI is InChI=1S/C23H22N2O5/c1-17-5-3-6-19(11-17)15-29-22-10-9-18(13-23(22)28-2)14-24-30-16-20-7-4-8-21(12-20)25(26)27/h3-14H,15-16H2,1-2H3/b24-14-. The van der Waals surface area contributed by atoms with E-state index in [-0.39, 0.29) is 12.3 Å². The van der Waals surface area contributed by atoms with Crippen LogP contribution in [0.1, 0.15) is 22.3 Å². The minimum Gasteiger partial charge on any atom is -0.493 e. The second-order valence-electron chi connectivity index (χ2n) is 6.62. The predicted octanol–water partition coefficient (Wildman–Crippen LogP) is 5.04. The fraction of sp³-hybridized carbons (Fsp3) is 0.174. The molecule has 7 nitrogen and oxygen atoms in total. The van der Waals surface area contributed by atoms with E-state index in [1.807, 2.05) is 37.3 Å². The summed E-state index contributed by atoms with van der Waals surface area (Å²) in [7, 11) is 1.58. The van der Waals surface area contributed by atoms with E-state index in [9.17, 15) is 10.1 Å². The molecule has 0 N–H and O–H groups in total. The first-order valence-corrected chi connectivity index (χ1v) is 9.30. The van der Waals surface area contributed by atoms with Crippen molar-refractivity contribution in [3.63, 3.8) is 0 Å². The van der Waals surface area contributed by atoms with Crippen LogP contribution in [0.4, 0.5) is 5.69 Å². The van der Waals surface area contributed by atoms with E-state index >= 15 is 0 Å². The molecule has 0 fully saturated rings. The monoisotopic (exact) mass is 406 g/mol. The molecule has 30 heavy (non-hydrogen) atoms. The SMILES string of the molecule is COc1cc(/C=N\OCc2cccc([N+](=O)[O-])c2)ccc1OCc1cccc(C)c1. The molecule has 0 saturated heterocycles. The summed E-state index contributed by atoms with van der Waals surface area (Å²) in [5.41, 5.74) is 3.72. The molecule has 0 aromatic heterocycles. The molecule has 0 spiro atoms. The lowest BCUT2D eigenvalue weighted by atomic mass is 10.1. The van der Waals surface area contributed by atoms with E-state index in [1.54, 1.807) is 31.5 Å². The molecular weight excluding hydrogens is 384 g/mol. The van der Waals surface area contributed by atoms with Crippen LogP contribution in [0, 0.1) is 17.0 Å². The highest BCUT2D eigenvalue weighted by Gasteiger charge is 2.07. The van der Waals surface area contributed by atoms with E-state index < -0.39 is 4.92 Å². The Kier molecular flexibility index (Phi) is 7.00. The van der Waals surface area contributed by atoms with Gasteiger partial charge in [-0.1, -0.05) is 47.1 Å². The minimum absolute atomic E-state index is 0.0195. The fourth-order valence-corrected chi connectivity index (χ4v) is 2.82. The number of methoxy groups -OCH3 is 1. The van der Waals surface area contributed by atoms with Crippen LogP contribution in [0.2, 0.25) is 0 Å². The molecule has 0 heterocycles. The first kappa shape index (κ1) is 20.9. The van der Waals surface area contributed by atoms with Gasteiger partial charge in [0.15, 0.2) is 11.5 Å². The Bertz CT molecular complexity index is 1050. The number of nitrogens with zero attached hydrogens (tertiary/aromatic N) is 2. The van der Waals surface area contributed by atoms with Gasteiger partial charge in [0.2, 0.25) is 0 Å². The van der Waals surface area contributed by atoms with E-state index in [0.29, 0.717) is 23.7 Å². The Morgan fingerprint density at radius 3 is 2.47 bits per heavy atom. The van der Waals surface area contributed by atoms with Gasteiger partial charge in [-0.3, -0.25) is 10.1 Å². The van der Waals surface area contributed by atoms with Crippen molar-refractivity contribution in [2.75, 3.05) is 7.11 Å². The fourth-order valence-electron chi connectivity index (χ4n) is 2.82. The molecule has 0 unspecified atom stereocenters. The third kappa shape index (κ3) is 5.81. The van der Waals surface area contributed by atoms with E-state index in [0.717, 1.165) is 11.1 Å². The lowest BCUT2D eigenvalue weighted by molar-refractivity contribution is -0.384. The van der Waals surface area contributed by atoms with Gasteiger partial charge >= 0.3 is 0 Å². The van der Waals surface area contributed by atoms with Gasteiger partial charge in [0, 0.05) is 17.7 Å². The Labute approximate surface area is 174 Å². The molecule has 0 aliphatic rings. The van der Waals surface area contributed by atoms with E-state index in [2.05, 4.69) is 11.2 Å². The van der Waals surface area contributed by atoms with Gasteiger partial charge in [0.25, 0.3) is 5.69 Å². The molecular formula is C23H22N2O5. The number of non-ortho nitro benzene ring substituents is 1. The van der Waals surface area contributed by atoms with Gasteiger partial charge in [-0.15, -0.1) is 0 Å². The van der Waals surface area contributed by atoms with Gasteiger partial charge in [-0.05, 0) is 36.2 Å². The van der Waals surface area contributed by atoms with Crippen molar-refractivity contribution in [1.82, 2.24) is 0 Å². The normalized spacial score (nSPS) is 10.7. The Balaban J connectivity index is 1.58. The van der Waals surface area contributed by atoms with Gasteiger partial charge in [0.05, 0.1) is 18.2 Å². The molecule has 0 radical (unpaired) electrons. The van der Waals surface area contributed by atoms with Crippen LogP contribution < -0.4 is 9.47 Å². The maximum absolute atomic E-state index is 10.8. The topological polar surface area (TPSA) is 83.2 Å². The molecule has 7 heteroatoms. The van der Waals surface area contributed by atoms with Crippen molar-refractivity contribution < 1.29 is 19.2 Å². The van der Waals surface area contributed by atoms with E-state index in [4.69, 9.17) is 14.3 Å². The van der Waals surface area contributed by atoms with Crippen molar-refractivity contribution in [3.8, 4) is 11.5 Å². The smallest absolute Gasteiger partial charge is 0.269 e. The summed E-state index contributed by atoms with van der Waals surface area (Å²) in [5, 5.41) is 14.7. The molecule has 0 bridgehead atoms. The second kappa shape index (κ2) is 10.1. The zero-order valence-electron chi connectivity index (χ0n) is 16.8. The summed E-state index contributed by atoms with van der Waals surface area (Å²) in [6.45, 7) is 2.62. The highest BCUT2D eigenvalue weighted by atomic mass is 16.6. The van der Waals surface area contributed by atoms with Gasteiger partial charge in [-0.25, -0.2) is 0 Å². The average molecular weight is 406 g/mol. The van der Waals surface area contributed by atoms with Crippen LogP contribution >= 0.6 is 0 Å². The third-order valence-electron chi connectivity index (χ3n) is 4.29. The Hall–Kier alpha value is -3.87. The molecule has 154 valence electrons. The van der Waals surface area contributed by atoms with Crippen molar-refractivity contribution in [2.45, 2.75) is 20.1 Å². The second-order valence-corrected chi connectivity index (χ2v) is 6.62. The first-order valence-electron chi connectivity index (χ1n) is 9.30. The molecule has 0 amide bonds. The highest BCUT2D eigenvalue weighted by Crippen LogP contribution is 2.28. The number of oxime groups is 1. The van der Waals surface area contributed by atoms with Crippen LogP contribution in [-0.2, 0) is 18.1 Å². The zero-order chi connectivity index (χ0) is 21.3. The Morgan fingerprint density at radius 1 is 0.967 bits per heavy atom. The summed E-state index contributed by atoms with van der Waals surface area (Å²) in [6.07, 6.45) is 1.55. The molecule has 0 saturated carbocycles. The molecule has 3 aromatic carbocycles. The quantitative estimate of drug-likeness (QED) is 0.282. The third-order valence-corrected chi connectivity index (χ3v) is 4.29. The maximum Gasteiger partial charge on any atom is 0.269 e.